The first-order valence-corrected chi connectivity index (χ1v) is 9.30. The molecule has 0 aliphatic rings. The van der Waals surface area contributed by atoms with Crippen LogP contribution in [0.3, 0.4) is 0 Å². The lowest BCUT2D eigenvalue weighted by Crippen LogP contribution is -2.08. The van der Waals surface area contributed by atoms with Gasteiger partial charge in [-0.25, -0.2) is 4.39 Å². The molecular formula is C19H16F4OS2. The van der Waals surface area contributed by atoms with Gasteiger partial charge in [-0.2, -0.15) is 13.2 Å². The number of Topliss-reactive ketones (excluding diaryl/α,β-unsaturated/α-hetero) is 1. The van der Waals surface area contributed by atoms with Gasteiger partial charge in [0.25, 0.3) is 0 Å². The SMILES string of the molecule is CC=C(C)S/C(=C\c1cc(-c2ccc(F)c(C(F)(F)F)c2)cs1)C(C)=O. The number of thioether (sulfide) groups is 1. The molecule has 0 aliphatic heterocycles. The normalized spacial score (nSPS) is 13.2. The fourth-order valence-corrected chi connectivity index (χ4v) is 3.78. The highest BCUT2D eigenvalue weighted by atomic mass is 32.2. The first-order valence-electron chi connectivity index (χ1n) is 7.61. The average Bonchev–Trinajstić information content (AvgIpc) is 3.01. The first kappa shape index (κ1) is 20.5. The Hall–Kier alpha value is -1.86. The van der Waals surface area contributed by atoms with Crippen molar-refractivity contribution in [2.45, 2.75) is 26.9 Å². The minimum atomic E-state index is -4.75. The van der Waals surface area contributed by atoms with Gasteiger partial charge in [-0.1, -0.05) is 23.9 Å². The van der Waals surface area contributed by atoms with Crippen LogP contribution in [-0.2, 0) is 11.0 Å². The molecule has 0 spiro atoms. The molecular weight excluding hydrogens is 384 g/mol. The number of benzene rings is 1. The number of halogens is 4. The second kappa shape index (κ2) is 8.22. The Bertz CT molecular complexity index is 876. The van der Waals surface area contributed by atoms with Gasteiger partial charge in [0, 0.05) is 4.88 Å². The van der Waals surface area contributed by atoms with E-state index in [2.05, 4.69) is 0 Å². The summed E-state index contributed by atoms with van der Waals surface area (Å²) in [5.41, 5.74) is -0.472. The van der Waals surface area contributed by atoms with Gasteiger partial charge < -0.3 is 0 Å². The van der Waals surface area contributed by atoms with Crippen molar-refractivity contribution in [3.8, 4) is 11.1 Å². The van der Waals surface area contributed by atoms with Crippen molar-refractivity contribution in [2.75, 3.05) is 0 Å². The zero-order chi connectivity index (χ0) is 19.5. The quantitative estimate of drug-likeness (QED) is 0.391. The molecule has 138 valence electrons. The Morgan fingerprint density at radius 1 is 1.15 bits per heavy atom. The van der Waals surface area contributed by atoms with Crippen molar-refractivity contribution in [2.24, 2.45) is 0 Å². The molecule has 0 atom stereocenters. The largest absolute Gasteiger partial charge is 0.419 e. The van der Waals surface area contributed by atoms with Gasteiger partial charge in [0.05, 0.1) is 10.5 Å². The molecule has 0 saturated carbocycles. The van der Waals surface area contributed by atoms with E-state index < -0.39 is 17.6 Å². The summed E-state index contributed by atoms with van der Waals surface area (Å²) in [5.74, 6) is -1.39. The van der Waals surface area contributed by atoms with Crippen LogP contribution in [0.15, 0.2) is 45.5 Å². The second-order valence-electron chi connectivity index (χ2n) is 5.50. The molecule has 0 N–H and O–H groups in total. The molecule has 26 heavy (non-hydrogen) atoms. The van der Waals surface area contributed by atoms with E-state index in [1.165, 1.54) is 36.1 Å². The lowest BCUT2D eigenvalue weighted by molar-refractivity contribution is -0.139. The first-order chi connectivity index (χ1) is 12.1. The molecule has 0 bridgehead atoms. The highest BCUT2D eigenvalue weighted by molar-refractivity contribution is 8.07. The van der Waals surface area contributed by atoms with Crippen molar-refractivity contribution < 1.29 is 22.4 Å². The summed E-state index contributed by atoms with van der Waals surface area (Å²) < 4.78 is 52.0. The monoisotopic (exact) mass is 400 g/mol. The molecule has 2 rings (SSSR count). The third-order valence-corrected chi connectivity index (χ3v) is 5.59. The lowest BCUT2D eigenvalue weighted by Gasteiger charge is -2.09. The average molecular weight is 400 g/mol. The molecule has 0 aliphatic carbocycles. The number of carbonyl (C=O) groups is 1. The van der Waals surface area contributed by atoms with E-state index in [9.17, 15) is 22.4 Å². The third-order valence-electron chi connectivity index (χ3n) is 3.52. The summed E-state index contributed by atoms with van der Waals surface area (Å²) in [6, 6.07) is 4.62. The molecule has 1 aromatic heterocycles. The van der Waals surface area contributed by atoms with Gasteiger partial charge in [0.1, 0.15) is 5.82 Å². The molecule has 1 heterocycles. The molecule has 0 amide bonds. The van der Waals surface area contributed by atoms with Crippen molar-refractivity contribution >= 4 is 35.0 Å². The predicted octanol–water partition coefficient (Wildman–Crippen LogP) is 7.16. The van der Waals surface area contributed by atoms with Crippen LogP contribution < -0.4 is 0 Å². The van der Waals surface area contributed by atoms with Crippen LogP contribution >= 0.6 is 23.1 Å². The number of allylic oxidation sites excluding steroid dienone is 3. The molecule has 2 aromatic rings. The number of alkyl halides is 3. The molecule has 0 saturated heterocycles. The van der Waals surface area contributed by atoms with Crippen LogP contribution in [0.4, 0.5) is 17.6 Å². The molecule has 1 nitrogen and oxygen atoms in total. The van der Waals surface area contributed by atoms with E-state index in [1.54, 1.807) is 17.5 Å². The minimum Gasteiger partial charge on any atom is -0.294 e. The number of ketones is 1. The number of rotatable bonds is 5. The lowest BCUT2D eigenvalue weighted by atomic mass is 10.0. The van der Waals surface area contributed by atoms with Gasteiger partial charge in [-0.05, 0) is 66.5 Å². The minimum absolute atomic E-state index is 0.0905. The molecule has 0 unspecified atom stereocenters. The predicted molar refractivity (Wildman–Crippen MR) is 100 cm³/mol. The topological polar surface area (TPSA) is 17.1 Å². The highest BCUT2D eigenvalue weighted by Crippen LogP contribution is 2.36. The number of carbonyl (C=O) groups excluding carboxylic acids is 1. The smallest absolute Gasteiger partial charge is 0.294 e. The number of hydrogen-bond acceptors (Lipinski definition) is 3. The van der Waals surface area contributed by atoms with E-state index in [-0.39, 0.29) is 11.3 Å². The number of thiophene rings is 1. The van der Waals surface area contributed by atoms with Crippen molar-refractivity contribution in [1.82, 2.24) is 0 Å². The maximum Gasteiger partial charge on any atom is 0.419 e. The summed E-state index contributed by atoms with van der Waals surface area (Å²) >= 11 is 2.65. The van der Waals surface area contributed by atoms with Gasteiger partial charge in [-0.3, -0.25) is 4.79 Å². The zero-order valence-corrected chi connectivity index (χ0v) is 15.9. The van der Waals surface area contributed by atoms with E-state index in [4.69, 9.17) is 0 Å². The van der Waals surface area contributed by atoms with Crippen molar-refractivity contribution in [3.05, 3.63) is 61.8 Å². The van der Waals surface area contributed by atoms with Gasteiger partial charge >= 0.3 is 6.18 Å². The summed E-state index contributed by atoms with van der Waals surface area (Å²) in [4.78, 5) is 14.0. The standard InChI is InChI=1S/C19H16F4OS2/c1-4-11(2)26-18(12(3)24)9-15-7-14(10-25-15)13-5-6-17(20)16(8-13)19(21,22)23/h4-10H,1-3H3/b11-4?,18-9-. The van der Waals surface area contributed by atoms with E-state index in [1.807, 2.05) is 19.9 Å². The van der Waals surface area contributed by atoms with E-state index in [0.717, 1.165) is 21.9 Å². The highest BCUT2D eigenvalue weighted by Gasteiger charge is 2.34. The number of hydrogen-bond donors (Lipinski definition) is 0. The fourth-order valence-electron chi connectivity index (χ4n) is 2.07. The Kier molecular flexibility index (Phi) is 6.47. The molecule has 7 heteroatoms. The summed E-state index contributed by atoms with van der Waals surface area (Å²) in [6.45, 7) is 5.22. The van der Waals surface area contributed by atoms with Crippen LogP contribution in [0.2, 0.25) is 0 Å². The van der Waals surface area contributed by atoms with Gasteiger partial charge in [0.15, 0.2) is 5.78 Å². The van der Waals surface area contributed by atoms with Crippen LogP contribution in [0.25, 0.3) is 17.2 Å². The van der Waals surface area contributed by atoms with Crippen LogP contribution in [-0.4, -0.2) is 5.78 Å². The van der Waals surface area contributed by atoms with Crippen LogP contribution in [0.1, 0.15) is 31.2 Å². The van der Waals surface area contributed by atoms with E-state index in [0.29, 0.717) is 10.5 Å². The molecule has 0 fully saturated rings. The van der Waals surface area contributed by atoms with Crippen LogP contribution in [0.5, 0.6) is 0 Å². The fraction of sp³-hybridized carbons (Fsp3) is 0.211. The summed E-state index contributed by atoms with van der Waals surface area (Å²) in [6.07, 6.45) is -1.15. The summed E-state index contributed by atoms with van der Waals surface area (Å²) in [5, 5.41) is 1.68. The Morgan fingerprint density at radius 3 is 2.42 bits per heavy atom. The zero-order valence-electron chi connectivity index (χ0n) is 14.3. The third kappa shape index (κ3) is 5.08. The van der Waals surface area contributed by atoms with E-state index >= 15 is 0 Å². The van der Waals surface area contributed by atoms with Crippen LogP contribution in [0, 0.1) is 5.82 Å². The summed E-state index contributed by atoms with van der Waals surface area (Å²) in [7, 11) is 0. The Balaban J connectivity index is 2.38. The maximum atomic E-state index is 13.4. The molecule has 1 aromatic carbocycles. The Labute approximate surface area is 157 Å². The molecule has 0 radical (unpaired) electrons. The van der Waals surface area contributed by atoms with Crippen molar-refractivity contribution in [3.63, 3.8) is 0 Å². The Morgan fingerprint density at radius 2 is 1.85 bits per heavy atom. The van der Waals surface area contributed by atoms with Crippen molar-refractivity contribution in [1.29, 1.82) is 0 Å². The second-order valence-corrected chi connectivity index (χ2v) is 7.73. The van der Waals surface area contributed by atoms with Gasteiger partial charge in [0.2, 0.25) is 0 Å². The maximum absolute atomic E-state index is 13.4. The van der Waals surface area contributed by atoms with Gasteiger partial charge in [-0.15, -0.1) is 11.3 Å².